The van der Waals surface area contributed by atoms with Crippen molar-refractivity contribution in [1.82, 2.24) is 25.3 Å². The third kappa shape index (κ3) is 4.60. The molecular weight excluding hydrogens is 378 g/mol. The molecule has 1 aliphatic heterocycles. The summed E-state index contributed by atoms with van der Waals surface area (Å²) in [7, 11) is 0. The van der Waals surface area contributed by atoms with Gasteiger partial charge < -0.3 is 19.9 Å². The molecule has 10 nitrogen and oxygen atoms in total. The van der Waals surface area contributed by atoms with Crippen LogP contribution in [0.25, 0.3) is 22.5 Å². The van der Waals surface area contributed by atoms with E-state index in [2.05, 4.69) is 41.5 Å². The summed E-state index contributed by atoms with van der Waals surface area (Å²) < 4.78 is 8.00. The van der Waals surface area contributed by atoms with Crippen molar-refractivity contribution >= 4 is 22.8 Å². The Morgan fingerprint density at radius 2 is 1.79 bits per heavy atom. The van der Waals surface area contributed by atoms with Crippen LogP contribution in [0.5, 0.6) is 0 Å². The fourth-order valence-corrected chi connectivity index (χ4v) is 3.20. The molecule has 29 heavy (non-hydrogen) atoms. The second kappa shape index (κ2) is 8.82. The number of aliphatic carboxylic acids is 2. The highest BCUT2D eigenvalue weighted by Crippen LogP contribution is 2.31. The summed E-state index contributed by atoms with van der Waals surface area (Å²) in [6, 6.07) is 8.46. The SMILES string of the molecule is CC(C)n1nc(-c2nnc(C3CCNCC3)o2)c2ccccc21.O=C(O)C(=O)O. The number of carboxylic acids is 2. The zero-order valence-corrected chi connectivity index (χ0v) is 16.2. The Balaban J connectivity index is 0.000000353. The molecule has 0 radical (unpaired) electrons. The van der Waals surface area contributed by atoms with Gasteiger partial charge in [0.15, 0.2) is 5.69 Å². The number of nitrogens with one attached hydrogen (secondary N) is 1. The predicted molar refractivity (Wildman–Crippen MR) is 104 cm³/mol. The van der Waals surface area contributed by atoms with Gasteiger partial charge in [-0.15, -0.1) is 10.2 Å². The molecule has 1 fully saturated rings. The molecule has 154 valence electrons. The fourth-order valence-electron chi connectivity index (χ4n) is 3.20. The zero-order valence-electron chi connectivity index (χ0n) is 16.2. The van der Waals surface area contributed by atoms with Crippen LogP contribution in [-0.2, 0) is 9.59 Å². The van der Waals surface area contributed by atoms with Crippen LogP contribution in [0, 0.1) is 0 Å². The third-order valence-corrected chi connectivity index (χ3v) is 4.62. The van der Waals surface area contributed by atoms with Gasteiger partial charge in [0, 0.05) is 17.3 Å². The Morgan fingerprint density at radius 1 is 1.14 bits per heavy atom. The molecule has 0 saturated carbocycles. The number of aromatic nitrogens is 4. The molecule has 0 bridgehead atoms. The number of rotatable bonds is 3. The molecule has 3 aromatic rings. The summed E-state index contributed by atoms with van der Waals surface area (Å²) >= 11 is 0. The van der Waals surface area contributed by atoms with E-state index < -0.39 is 11.9 Å². The maximum atomic E-state index is 9.10. The van der Waals surface area contributed by atoms with Crippen molar-refractivity contribution in [3.05, 3.63) is 30.2 Å². The maximum absolute atomic E-state index is 9.10. The standard InChI is InChI=1S/C17H21N5O.C2H2O4/c1-11(2)22-14-6-4-3-5-13(14)15(21-22)17-20-19-16(23-17)12-7-9-18-10-8-12;3-1(4)2(5)6/h3-6,11-12,18H,7-10H2,1-2H3;(H,3,4)(H,5,6). The lowest BCUT2D eigenvalue weighted by molar-refractivity contribution is -0.159. The fraction of sp³-hybridized carbons (Fsp3) is 0.421. The first-order chi connectivity index (χ1) is 13.9. The molecule has 0 amide bonds. The average Bonchev–Trinajstić information content (AvgIpc) is 3.34. The molecule has 10 heteroatoms. The lowest BCUT2D eigenvalue weighted by atomic mass is 9.98. The van der Waals surface area contributed by atoms with Crippen LogP contribution in [0.4, 0.5) is 0 Å². The van der Waals surface area contributed by atoms with Crippen molar-refractivity contribution in [3.63, 3.8) is 0 Å². The summed E-state index contributed by atoms with van der Waals surface area (Å²) in [6.07, 6.45) is 2.09. The van der Waals surface area contributed by atoms with Gasteiger partial charge in [0.2, 0.25) is 5.89 Å². The van der Waals surface area contributed by atoms with E-state index in [-0.39, 0.29) is 6.04 Å². The highest BCUT2D eigenvalue weighted by atomic mass is 16.4. The van der Waals surface area contributed by atoms with Crippen LogP contribution in [-0.4, -0.2) is 55.2 Å². The first-order valence-electron chi connectivity index (χ1n) is 9.36. The van der Waals surface area contributed by atoms with E-state index in [1.54, 1.807) is 0 Å². The summed E-state index contributed by atoms with van der Waals surface area (Å²) in [5.41, 5.74) is 1.88. The van der Waals surface area contributed by atoms with Crippen LogP contribution in [0.1, 0.15) is 44.5 Å². The minimum absolute atomic E-state index is 0.278. The van der Waals surface area contributed by atoms with E-state index in [4.69, 9.17) is 29.3 Å². The highest BCUT2D eigenvalue weighted by molar-refractivity contribution is 6.27. The minimum atomic E-state index is -1.82. The van der Waals surface area contributed by atoms with Crippen LogP contribution in [0.2, 0.25) is 0 Å². The van der Waals surface area contributed by atoms with Crippen molar-refractivity contribution in [2.75, 3.05) is 13.1 Å². The van der Waals surface area contributed by atoms with Gasteiger partial charge in [0.25, 0.3) is 5.89 Å². The van der Waals surface area contributed by atoms with Crippen molar-refractivity contribution in [3.8, 4) is 11.6 Å². The maximum Gasteiger partial charge on any atom is 0.414 e. The van der Waals surface area contributed by atoms with Gasteiger partial charge in [-0.25, -0.2) is 9.59 Å². The van der Waals surface area contributed by atoms with E-state index in [1.807, 2.05) is 16.8 Å². The van der Waals surface area contributed by atoms with Crippen LogP contribution >= 0.6 is 0 Å². The van der Waals surface area contributed by atoms with Crippen LogP contribution in [0.15, 0.2) is 28.7 Å². The molecule has 3 N–H and O–H groups in total. The number of fused-ring (bicyclic) bond motifs is 1. The van der Waals surface area contributed by atoms with Gasteiger partial charge in [-0.1, -0.05) is 18.2 Å². The molecule has 1 aromatic carbocycles. The molecule has 3 heterocycles. The quantitative estimate of drug-likeness (QED) is 0.563. The van der Waals surface area contributed by atoms with Crippen molar-refractivity contribution < 1.29 is 24.2 Å². The van der Waals surface area contributed by atoms with Gasteiger partial charge in [0.05, 0.1) is 5.52 Å². The van der Waals surface area contributed by atoms with Gasteiger partial charge in [-0.2, -0.15) is 5.10 Å². The smallest absolute Gasteiger partial charge is 0.414 e. The Labute approximate surface area is 166 Å². The van der Waals surface area contributed by atoms with Crippen molar-refractivity contribution in [2.45, 2.75) is 38.6 Å². The summed E-state index contributed by atoms with van der Waals surface area (Å²) in [4.78, 5) is 18.2. The normalized spacial score (nSPS) is 14.6. The number of benzene rings is 1. The van der Waals surface area contributed by atoms with E-state index >= 15 is 0 Å². The van der Waals surface area contributed by atoms with Gasteiger partial charge in [-0.05, 0) is 45.8 Å². The van der Waals surface area contributed by atoms with E-state index in [9.17, 15) is 0 Å². The zero-order chi connectivity index (χ0) is 21.0. The molecule has 0 atom stereocenters. The van der Waals surface area contributed by atoms with Gasteiger partial charge >= 0.3 is 11.9 Å². The van der Waals surface area contributed by atoms with Gasteiger partial charge in [0.1, 0.15) is 0 Å². The van der Waals surface area contributed by atoms with Crippen molar-refractivity contribution in [2.24, 2.45) is 0 Å². The number of para-hydroxylation sites is 1. The Hall–Kier alpha value is -3.27. The monoisotopic (exact) mass is 401 g/mol. The summed E-state index contributed by atoms with van der Waals surface area (Å²) in [5.74, 6) is -2.03. The Morgan fingerprint density at radius 3 is 2.41 bits per heavy atom. The molecule has 1 aliphatic rings. The third-order valence-electron chi connectivity index (χ3n) is 4.62. The molecule has 0 aliphatic carbocycles. The lowest BCUT2D eigenvalue weighted by Gasteiger charge is -2.18. The Bertz CT molecular complexity index is 992. The number of piperidine rings is 1. The number of hydrogen-bond donors (Lipinski definition) is 3. The second-order valence-electron chi connectivity index (χ2n) is 6.98. The number of carbonyl (C=O) groups is 2. The molecule has 4 rings (SSSR count). The minimum Gasteiger partial charge on any atom is -0.473 e. The summed E-state index contributed by atoms with van der Waals surface area (Å²) in [5, 5.41) is 32.5. The second-order valence-corrected chi connectivity index (χ2v) is 6.98. The first-order valence-corrected chi connectivity index (χ1v) is 9.36. The molecule has 0 unspecified atom stereocenters. The number of hydrogen-bond acceptors (Lipinski definition) is 7. The molecule has 1 saturated heterocycles. The predicted octanol–water partition coefficient (Wildman–Crippen LogP) is 2.29. The first kappa shape index (κ1) is 20.5. The van der Waals surface area contributed by atoms with E-state index in [1.165, 1.54) is 0 Å². The lowest BCUT2D eigenvalue weighted by Crippen LogP contribution is -2.26. The van der Waals surface area contributed by atoms with E-state index in [0.717, 1.165) is 48.4 Å². The molecule has 0 spiro atoms. The number of carboxylic acid groups (broad SMARTS) is 2. The van der Waals surface area contributed by atoms with Crippen LogP contribution < -0.4 is 5.32 Å². The van der Waals surface area contributed by atoms with Crippen molar-refractivity contribution in [1.29, 1.82) is 0 Å². The average molecular weight is 401 g/mol. The highest BCUT2D eigenvalue weighted by Gasteiger charge is 2.24. The summed E-state index contributed by atoms with van der Waals surface area (Å²) in [6.45, 7) is 6.26. The van der Waals surface area contributed by atoms with Gasteiger partial charge in [-0.3, -0.25) is 4.68 Å². The van der Waals surface area contributed by atoms with Crippen LogP contribution in [0.3, 0.4) is 0 Å². The van der Waals surface area contributed by atoms with E-state index in [0.29, 0.717) is 11.8 Å². The molecule has 2 aromatic heterocycles. The largest absolute Gasteiger partial charge is 0.473 e. The Kier molecular flexibility index (Phi) is 6.23. The topological polar surface area (TPSA) is 143 Å². The number of nitrogens with zero attached hydrogens (tertiary/aromatic N) is 4. The molecular formula is C19H23N5O5.